The largest absolute Gasteiger partial charge is 0.482 e. The van der Waals surface area contributed by atoms with Crippen LogP contribution in [0.5, 0.6) is 5.75 Å². The highest BCUT2D eigenvalue weighted by atomic mass is 16.5. The molecule has 2 aliphatic rings. The number of ether oxygens (including phenoxy) is 2. The highest BCUT2D eigenvalue weighted by Gasteiger charge is 2.24. The Morgan fingerprint density at radius 2 is 2.33 bits per heavy atom. The first kappa shape index (κ1) is 13.8. The van der Waals surface area contributed by atoms with Gasteiger partial charge in [0.25, 0.3) is 5.91 Å². The van der Waals surface area contributed by atoms with Crippen LogP contribution in [0, 0.1) is 0 Å². The summed E-state index contributed by atoms with van der Waals surface area (Å²) >= 11 is 0. The molecule has 1 atom stereocenters. The maximum absolute atomic E-state index is 12.1. The van der Waals surface area contributed by atoms with Crippen molar-refractivity contribution >= 4 is 23.2 Å². The van der Waals surface area contributed by atoms with Crippen molar-refractivity contribution in [3.63, 3.8) is 0 Å². The first-order valence-electron chi connectivity index (χ1n) is 6.80. The van der Waals surface area contributed by atoms with Crippen LogP contribution in [0.3, 0.4) is 0 Å². The number of carbonyl (C=O) groups excluding carboxylic acids is 2. The zero-order valence-electron chi connectivity index (χ0n) is 11.7. The number of amides is 2. The van der Waals surface area contributed by atoms with E-state index in [1.165, 1.54) is 4.90 Å². The summed E-state index contributed by atoms with van der Waals surface area (Å²) in [4.78, 5) is 25.3. The van der Waals surface area contributed by atoms with E-state index < -0.39 is 0 Å². The molecule has 0 bridgehead atoms. The molecule has 0 aromatic heterocycles. The number of likely N-dealkylation sites (N-methyl/N-ethyl adjacent to an activating group) is 1. The molecule has 3 rings (SSSR count). The Hall–Kier alpha value is -2.12. The third-order valence-corrected chi connectivity index (χ3v) is 3.55. The fourth-order valence-corrected chi connectivity index (χ4v) is 2.31. The van der Waals surface area contributed by atoms with Crippen molar-refractivity contribution in [2.24, 2.45) is 0 Å². The molecule has 1 aromatic carbocycles. The molecule has 21 heavy (non-hydrogen) atoms. The Kier molecular flexibility index (Phi) is 3.76. The maximum Gasteiger partial charge on any atom is 0.264 e. The SMILES string of the molecule is CN1C(=O)COc2ccc(NC(=O)C3COCCN3)cc21. The Morgan fingerprint density at radius 3 is 3.10 bits per heavy atom. The van der Waals surface area contributed by atoms with Gasteiger partial charge in [0.1, 0.15) is 11.8 Å². The standard InChI is InChI=1S/C14H17N3O4/c1-17-11-6-9(2-3-12(11)21-8-13(17)18)16-14(19)10-7-20-5-4-15-10/h2-3,6,10,15H,4-5,7-8H2,1H3,(H,16,19). The van der Waals surface area contributed by atoms with Gasteiger partial charge in [-0.2, -0.15) is 0 Å². The second-order valence-electron chi connectivity index (χ2n) is 4.99. The summed E-state index contributed by atoms with van der Waals surface area (Å²) in [6.45, 7) is 1.68. The number of rotatable bonds is 2. The Morgan fingerprint density at radius 1 is 1.48 bits per heavy atom. The van der Waals surface area contributed by atoms with Crippen molar-refractivity contribution in [1.82, 2.24) is 5.32 Å². The van der Waals surface area contributed by atoms with Crippen molar-refractivity contribution in [2.75, 3.05) is 43.6 Å². The molecule has 2 aliphatic heterocycles. The molecule has 1 unspecified atom stereocenters. The molecule has 2 N–H and O–H groups in total. The molecule has 0 radical (unpaired) electrons. The molecule has 0 saturated carbocycles. The third kappa shape index (κ3) is 2.84. The topological polar surface area (TPSA) is 79.9 Å². The first-order valence-corrected chi connectivity index (χ1v) is 6.80. The van der Waals surface area contributed by atoms with E-state index in [1.807, 2.05) is 0 Å². The molecule has 1 saturated heterocycles. The van der Waals surface area contributed by atoms with Gasteiger partial charge in [-0.3, -0.25) is 9.59 Å². The summed E-state index contributed by atoms with van der Waals surface area (Å²) in [6.07, 6.45) is 0. The van der Waals surface area contributed by atoms with Gasteiger partial charge >= 0.3 is 0 Å². The van der Waals surface area contributed by atoms with Gasteiger partial charge in [0.05, 0.1) is 18.9 Å². The van der Waals surface area contributed by atoms with Gasteiger partial charge in [0.15, 0.2) is 6.61 Å². The average Bonchev–Trinajstić information content (AvgIpc) is 2.52. The van der Waals surface area contributed by atoms with E-state index in [9.17, 15) is 9.59 Å². The highest BCUT2D eigenvalue weighted by Crippen LogP contribution is 2.33. The van der Waals surface area contributed by atoms with E-state index in [1.54, 1.807) is 25.2 Å². The summed E-state index contributed by atoms with van der Waals surface area (Å²) in [7, 11) is 1.69. The number of anilines is 2. The predicted octanol–water partition coefficient (Wildman–Crippen LogP) is -0.0313. The van der Waals surface area contributed by atoms with Crippen LogP contribution in [-0.4, -0.2) is 51.3 Å². The molecule has 0 spiro atoms. The van der Waals surface area contributed by atoms with Crippen molar-refractivity contribution in [3.8, 4) is 5.75 Å². The van der Waals surface area contributed by atoms with Gasteiger partial charge in [-0.25, -0.2) is 0 Å². The van der Waals surface area contributed by atoms with Crippen LogP contribution in [0.25, 0.3) is 0 Å². The Labute approximate surface area is 122 Å². The highest BCUT2D eigenvalue weighted by molar-refractivity contribution is 6.00. The molecule has 7 nitrogen and oxygen atoms in total. The van der Waals surface area contributed by atoms with Crippen LogP contribution in [0.4, 0.5) is 11.4 Å². The lowest BCUT2D eigenvalue weighted by Gasteiger charge is -2.27. The van der Waals surface area contributed by atoms with Crippen molar-refractivity contribution in [1.29, 1.82) is 0 Å². The smallest absolute Gasteiger partial charge is 0.264 e. The van der Waals surface area contributed by atoms with Crippen molar-refractivity contribution in [3.05, 3.63) is 18.2 Å². The Balaban J connectivity index is 1.74. The molecular weight excluding hydrogens is 274 g/mol. The molecule has 2 amide bonds. The lowest BCUT2D eigenvalue weighted by atomic mass is 10.2. The van der Waals surface area contributed by atoms with Crippen LogP contribution < -0.4 is 20.3 Å². The van der Waals surface area contributed by atoms with Crippen LogP contribution >= 0.6 is 0 Å². The first-order chi connectivity index (χ1) is 10.1. The van der Waals surface area contributed by atoms with Crippen LogP contribution in [0.2, 0.25) is 0 Å². The summed E-state index contributed by atoms with van der Waals surface area (Å²) < 4.78 is 10.6. The summed E-state index contributed by atoms with van der Waals surface area (Å²) in [5.74, 6) is 0.364. The summed E-state index contributed by atoms with van der Waals surface area (Å²) in [6, 6.07) is 4.88. The number of morpholine rings is 1. The number of hydrogen-bond acceptors (Lipinski definition) is 5. The summed E-state index contributed by atoms with van der Waals surface area (Å²) in [5.41, 5.74) is 1.27. The van der Waals surface area contributed by atoms with Gasteiger partial charge in [-0.15, -0.1) is 0 Å². The number of hydrogen-bond donors (Lipinski definition) is 2. The lowest BCUT2D eigenvalue weighted by molar-refractivity contribution is -0.121. The quantitative estimate of drug-likeness (QED) is 0.800. The molecule has 112 valence electrons. The number of benzene rings is 1. The summed E-state index contributed by atoms with van der Waals surface area (Å²) in [5, 5.41) is 5.91. The van der Waals surface area contributed by atoms with E-state index in [4.69, 9.17) is 9.47 Å². The molecular formula is C14H17N3O4. The maximum atomic E-state index is 12.1. The minimum Gasteiger partial charge on any atom is -0.482 e. The van der Waals surface area contributed by atoms with Crippen molar-refractivity contribution in [2.45, 2.75) is 6.04 Å². The average molecular weight is 291 g/mol. The number of carbonyl (C=O) groups is 2. The van der Waals surface area contributed by atoms with E-state index in [-0.39, 0.29) is 24.5 Å². The van der Waals surface area contributed by atoms with Gasteiger partial charge in [-0.1, -0.05) is 0 Å². The van der Waals surface area contributed by atoms with Gasteiger partial charge in [0, 0.05) is 19.3 Å². The Bertz CT molecular complexity index is 569. The zero-order chi connectivity index (χ0) is 14.8. The lowest BCUT2D eigenvalue weighted by Crippen LogP contribution is -2.48. The predicted molar refractivity (Wildman–Crippen MR) is 76.6 cm³/mol. The van der Waals surface area contributed by atoms with Crippen molar-refractivity contribution < 1.29 is 19.1 Å². The zero-order valence-corrected chi connectivity index (χ0v) is 11.7. The van der Waals surface area contributed by atoms with Crippen LogP contribution in [0.15, 0.2) is 18.2 Å². The molecule has 2 heterocycles. The normalized spacial score (nSPS) is 21.5. The van der Waals surface area contributed by atoms with Gasteiger partial charge in [-0.05, 0) is 18.2 Å². The molecule has 1 aromatic rings. The van der Waals surface area contributed by atoms with Gasteiger partial charge < -0.3 is 25.0 Å². The van der Waals surface area contributed by atoms with E-state index in [0.717, 1.165) is 0 Å². The fourth-order valence-electron chi connectivity index (χ4n) is 2.31. The van der Waals surface area contributed by atoms with E-state index in [0.29, 0.717) is 36.9 Å². The van der Waals surface area contributed by atoms with Gasteiger partial charge in [0.2, 0.25) is 5.91 Å². The molecule has 1 fully saturated rings. The second-order valence-corrected chi connectivity index (χ2v) is 4.99. The number of nitrogens with zero attached hydrogens (tertiary/aromatic N) is 1. The number of fused-ring (bicyclic) bond motifs is 1. The fraction of sp³-hybridized carbons (Fsp3) is 0.429. The monoisotopic (exact) mass is 291 g/mol. The van der Waals surface area contributed by atoms with Crippen LogP contribution in [-0.2, 0) is 14.3 Å². The second kappa shape index (κ2) is 5.71. The molecule has 7 heteroatoms. The van der Waals surface area contributed by atoms with E-state index >= 15 is 0 Å². The van der Waals surface area contributed by atoms with Crippen LogP contribution in [0.1, 0.15) is 0 Å². The number of nitrogens with one attached hydrogen (secondary N) is 2. The molecule has 0 aliphatic carbocycles. The van der Waals surface area contributed by atoms with E-state index in [2.05, 4.69) is 10.6 Å². The minimum absolute atomic E-state index is 0.0402. The third-order valence-electron chi connectivity index (χ3n) is 3.55. The minimum atomic E-state index is -0.356.